The summed E-state index contributed by atoms with van der Waals surface area (Å²) in [6, 6.07) is 11.5. The maximum atomic E-state index is 11.6. The molecule has 1 heterocycles. The Hall–Kier alpha value is -1.94. The zero-order chi connectivity index (χ0) is 13.9. The van der Waals surface area contributed by atoms with Crippen LogP contribution in [0.4, 0.5) is 0 Å². The summed E-state index contributed by atoms with van der Waals surface area (Å²) in [7, 11) is 0. The molecule has 0 amide bonds. The van der Waals surface area contributed by atoms with Crippen LogP contribution in [0, 0.1) is 0 Å². The van der Waals surface area contributed by atoms with Gasteiger partial charge in [-0.3, -0.25) is 4.98 Å². The predicted octanol–water partition coefficient (Wildman–Crippen LogP) is 2.09. The van der Waals surface area contributed by atoms with Gasteiger partial charge in [-0.15, -0.1) is 0 Å². The van der Waals surface area contributed by atoms with E-state index < -0.39 is 11.6 Å². The second-order valence-electron chi connectivity index (χ2n) is 4.67. The Morgan fingerprint density at radius 2 is 2.05 bits per heavy atom. The lowest BCUT2D eigenvalue weighted by Crippen LogP contribution is -2.39. The smallest absolute Gasteiger partial charge is 0.338 e. The zero-order valence-corrected chi connectivity index (χ0v) is 11.1. The number of ether oxygens (including phenoxy) is 1. The third-order valence-electron chi connectivity index (χ3n) is 2.90. The molecule has 2 rings (SSSR count). The number of rotatable bonds is 4. The van der Waals surface area contributed by atoms with Gasteiger partial charge in [0.05, 0.1) is 12.1 Å². The number of pyridine rings is 1. The molecule has 0 aliphatic rings. The Balaban J connectivity index is 2.23. The van der Waals surface area contributed by atoms with Crippen LogP contribution >= 0.6 is 0 Å². The van der Waals surface area contributed by atoms with Crippen LogP contribution in [0.5, 0.6) is 0 Å². The Kier molecular flexibility index (Phi) is 3.81. The number of esters is 1. The van der Waals surface area contributed by atoms with Gasteiger partial charge in [0.1, 0.15) is 0 Å². The number of benzene rings is 1. The molecule has 1 aromatic heterocycles. The topological polar surface area (TPSA) is 59.4 Å². The summed E-state index contributed by atoms with van der Waals surface area (Å²) >= 11 is 0. The highest BCUT2D eigenvalue weighted by Crippen LogP contribution is 2.17. The molecule has 1 atom stereocenters. The molecule has 0 aliphatic heterocycles. The third-order valence-corrected chi connectivity index (χ3v) is 2.90. The first-order valence-corrected chi connectivity index (χ1v) is 6.27. The van der Waals surface area contributed by atoms with Gasteiger partial charge in [-0.1, -0.05) is 24.3 Å². The quantitative estimate of drug-likeness (QED) is 0.854. The lowest BCUT2D eigenvalue weighted by atomic mass is 9.99. The number of fused-ring (bicyclic) bond motifs is 1. The van der Waals surface area contributed by atoms with Crippen LogP contribution in [0.2, 0.25) is 0 Å². The van der Waals surface area contributed by atoms with Crippen LogP contribution in [-0.4, -0.2) is 28.3 Å². The van der Waals surface area contributed by atoms with Crippen molar-refractivity contribution in [2.24, 2.45) is 0 Å². The van der Waals surface area contributed by atoms with E-state index in [2.05, 4.69) is 4.98 Å². The number of nitrogens with zero attached hydrogens (tertiary/aromatic N) is 1. The molecule has 100 valence electrons. The second-order valence-corrected chi connectivity index (χ2v) is 4.67. The van der Waals surface area contributed by atoms with Gasteiger partial charge in [0, 0.05) is 17.5 Å². The highest BCUT2D eigenvalue weighted by atomic mass is 16.5. The molecule has 1 N–H and O–H groups in total. The van der Waals surface area contributed by atoms with Gasteiger partial charge in [-0.05, 0) is 26.0 Å². The van der Waals surface area contributed by atoms with E-state index in [-0.39, 0.29) is 13.0 Å². The molecule has 4 heteroatoms. The highest BCUT2D eigenvalue weighted by molar-refractivity contribution is 5.80. The maximum absolute atomic E-state index is 11.6. The van der Waals surface area contributed by atoms with Crippen molar-refractivity contribution in [3.8, 4) is 0 Å². The average molecular weight is 259 g/mol. The third kappa shape index (κ3) is 3.09. The Bertz CT molecular complexity index is 593. The van der Waals surface area contributed by atoms with E-state index in [1.165, 1.54) is 6.92 Å². The van der Waals surface area contributed by atoms with Crippen molar-refractivity contribution in [2.45, 2.75) is 25.9 Å². The fourth-order valence-corrected chi connectivity index (χ4v) is 1.92. The first-order chi connectivity index (χ1) is 9.03. The van der Waals surface area contributed by atoms with Crippen LogP contribution in [0.3, 0.4) is 0 Å². The summed E-state index contributed by atoms with van der Waals surface area (Å²) in [5.41, 5.74) is -0.0396. The summed E-state index contributed by atoms with van der Waals surface area (Å²) in [5, 5.41) is 11.2. The molecule has 0 bridgehead atoms. The molecule has 0 spiro atoms. The molecular weight excluding hydrogens is 242 g/mol. The zero-order valence-electron chi connectivity index (χ0n) is 11.1. The summed E-state index contributed by atoms with van der Waals surface area (Å²) in [5.74, 6) is -0.620. The number of aliphatic hydroxyl groups is 1. The molecule has 0 saturated heterocycles. The minimum Gasteiger partial charge on any atom is -0.464 e. The number of aromatic nitrogens is 1. The number of carbonyl (C=O) groups excluding carboxylic acids is 1. The molecule has 19 heavy (non-hydrogen) atoms. The fourth-order valence-electron chi connectivity index (χ4n) is 1.92. The van der Waals surface area contributed by atoms with E-state index in [1.807, 2.05) is 36.4 Å². The average Bonchev–Trinajstić information content (AvgIpc) is 2.38. The normalized spacial score (nSPS) is 14.1. The summed E-state index contributed by atoms with van der Waals surface area (Å²) in [6.07, 6.45) is 0.136. The van der Waals surface area contributed by atoms with Crippen molar-refractivity contribution in [2.75, 3.05) is 6.61 Å². The summed E-state index contributed by atoms with van der Waals surface area (Å²) in [6.45, 7) is 3.41. The van der Waals surface area contributed by atoms with Crippen LogP contribution in [0.1, 0.15) is 19.5 Å². The van der Waals surface area contributed by atoms with Gasteiger partial charge >= 0.3 is 5.97 Å². The number of carbonyl (C=O) groups is 1. The maximum Gasteiger partial charge on any atom is 0.338 e. The predicted molar refractivity (Wildman–Crippen MR) is 72.7 cm³/mol. The van der Waals surface area contributed by atoms with E-state index in [9.17, 15) is 9.90 Å². The van der Waals surface area contributed by atoms with Crippen molar-refractivity contribution in [1.82, 2.24) is 4.98 Å². The number of hydrogen-bond donors (Lipinski definition) is 1. The Morgan fingerprint density at radius 1 is 1.32 bits per heavy atom. The molecule has 0 radical (unpaired) electrons. The van der Waals surface area contributed by atoms with E-state index in [0.29, 0.717) is 5.69 Å². The Labute approximate surface area is 112 Å². The first-order valence-electron chi connectivity index (χ1n) is 6.27. The van der Waals surface area contributed by atoms with Crippen LogP contribution in [-0.2, 0) is 16.0 Å². The SMILES string of the molecule is CCOC(=O)C(C)(O)Cc1ccc2ccccc2n1. The monoisotopic (exact) mass is 259 g/mol. The first kappa shape index (κ1) is 13.5. The van der Waals surface area contributed by atoms with Crippen molar-refractivity contribution in [3.05, 3.63) is 42.1 Å². The number of hydrogen-bond acceptors (Lipinski definition) is 4. The van der Waals surface area contributed by atoms with Gasteiger partial charge in [0.15, 0.2) is 5.60 Å². The molecule has 1 unspecified atom stereocenters. The summed E-state index contributed by atoms with van der Waals surface area (Å²) < 4.78 is 4.85. The van der Waals surface area contributed by atoms with E-state index >= 15 is 0 Å². The van der Waals surface area contributed by atoms with Crippen LogP contribution < -0.4 is 0 Å². The van der Waals surface area contributed by atoms with Crippen molar-refractivity contribution in [3.63, 3.8) is 0 Å². The Morgan fingerprint density at radius 3 is 2.79 bits per heavy atom. The summed E-state index contributed by atoms with van der Waals surface area (Å²) in [4.78, 5) is 16.1. The molecule has 0 fully saturated rings. The van der Waals surface area contributed by atoms with Gasteiger partial charge in [-0.25, -0.2) is 4.79 Å². The van der Waals surface area contributed by atoms with E-state index in [4.69, 9.17) is 4.74 Å². The van der Waals surface area contributed by atoms with Gasteiger partial charge in [0.2, 0.25) is 0 Å². The van der Waals surface area contributed by atoms with E-state index in [0.717, 1.165) is 10.9 Å². The lowest BCUT2D eigenvalue weighted by Gasteiger charge is -2.20. The lowest BCUT2D eigenvalue weighted by molar-refractivity contribution is -0.163. The van der Waals surface area contributed by atoms with Gasteiger partial charge in [0.25, 0.3) is 0 Å². The minimum atomic E-state index is -1.55. The molecular formula is C15H17NO3. The van der Waals surface area contributed by atoms with Crippen molar-refractivity contribution >= 4 is 16.9 Å². The molecule has 4 nitrogen and oxygen atoms in total. The van der Waals surface area contributed by atoms with Gasteiger partial charge < -0.3 is 9.84 Å². The van der Waals surface area contributed by atoms with Crippen LogP contribution in [0.25, 0.3) is 10.9 Å². The molecule has 0 saturated carbocycles. The fraction of sp³-hybridized carbons (Fsp3) is 0.333. The molecule has 0 aliphatic carbocycles. The van der Waals surface area contributed by atoms with Crippen molar-refractivity contribution < 1.29 is 14.6 Å². The highest BCUT2D eigenvalue weighted by Gasteiger charge is 2.32. The second kappa shape index (κ2) is 5.36. The van der Waals surface area contributed by atoms with E-state index in [1.54, 1.807) is 6.92 Å². The minimum absolute atomic E-state index is 0.136. The van der Waals surface area contributed by atoms with Crippen LogP contribution in [0.15, 0.2) is 36.4 Å². The molecule has 2 aromatic rings. The van der Waals surface area contributed by atoms with Crippen molar-refractivity contribution in [1.29, 1.82) is 0 Å². The number of para-hydroxylation sites is 1. The van der Waals surface area contributed by atoms with Gasteiger partial charge in [-0.2, -0.15) is 0 Å². The molecule has 1 aromatic carbocycles. The largest absolute Gasteiger partial charge is 0.464 e. The standard InChI is InChI=1S/C15H17NO3/c1-3-19-14(17)15(2,18)10-12-9-8-11-6-4-5-7-13(11)16-12/h4-9,18H,3,10H2,1-2H3.